The van der Waals surface area contributed by atoms with Crippen LogP contribution < -0.4 is 0 Å². The lowest BCUT2D eigenvalue weighted by molar-refractivity contribution is 0.487. The Hall–Kier alpha value is -0.880. The Balaban J connectivity index is 2.28. The lowest BCUT2D eigenvalue weighted by Crippen LogP contribution is -2.05. The first-order chi connectivity index (χ1) is 4.93. The maximum Gasteiger partial charge on any atom is 0.234 e. The van der Waals surface area contributed by atoms with Crippen molar-refractivity contribution in [3.63, 3.8) is 0 Å². The summed E-state index contributed by atoms with van der Waals surface area (Å²) in [5.41, 5.74) is 0. The Bertz CT molecular complexity index is 168. The molecule has 0 bridgehead atoms. The Morgan fingerprint density at radius 1 is 1.60 bits per heavy atom. The molecule has 0 saturated carbocycles. The minimum Gasteiger partial charge on any atom is -0.211 e. The average molecular weight is 137 g/mol. The molecule has 0 amide bonds. The van der Waals surface area contributed by atoms with Gasteiger partial charge in [0.05, 0.1) is 6.54 Å². The van der Waals surface area contributed by atoms with Gasteiger partial charge in [0.15, 0.2) is 0 Å². The number of allylic oxidation sites excluding steroid dienone is 2. The second-order valence-corrected chi connectivity index (χ2v) is 2.58. The topological polar surface area (TPSA) is 29.4 Å². The highest BCUT2D eigenvalue weighted by atomic mass is 16.1. The fourth-order valence-electron chi connectivity index (χ4n) is 1.19. The van der Waals surface area contributed by atoms with E-state index in [9.17, 15) is 4.79 Å². The molecule has 0 radical (unpaired) electrons. The number of nitrogens with zero attached hydrogens (tertiary/aromatic N) is 1. The van der Waals surface area contributed by atoms with Gasteiger partial charge in [-0.05, 0) is 25.2 Å². The van der Waals surface area contributed by atoms with Crippen LogP contribution in [0, 0.1) is 5.92 Å². The molecular weight excluding hydrogens is 126 g/mol. The van der Waals surface area contributed by atoms with E-state index in [1.165, 1.54) is 6.42 Å². The highest BCUT2D eigenvalue weighted by Gasteiger charge is 2.07. The van der Waals surface area contributed by atoms with Crippen molar-refractivity contribution >= 4 is 6.08 Å². The van der Waals surface area contributed by atoms with Crippen LogP contribution in [0.1, 0.15) is 19.3 Å². The summed E-state index contributed by atoms with van der Waals surface area (Å²) in [6, 6.07) is 0. The zero-order valence-corrected chi connectivity index (χ0v) is 5.92. The van der Waals surface area contributed by atoms with E-state index in [0.29, 0.717) is 12.5 Å². The van der Waals surface area contributed by atoms with E-state index >= 15 is 0 Å². The number of hydrogen-bond acceptors (Lipinski definition) is 2. The number of isocyanates is 1. The van der Waals surface area contributed by atoms with Gasteiger partial charge < -0.3 is 0 Å². The normalized spacial score (nSPS) is 23.8. The van der Waals surface area contributed by atoms with Crippen molar-refractivity contribution in [2.45, 2.75) is 19.3 Å². The number of rotatable bonds is 2. The minimum absolute atomic E-state index is 0.589. The largest absolute Gasteiger partial charge is 0.234 e. The summed E-state index contributed by atoms with van der Waals surface area (Å²) < 4.78 is 0. The van der Waals surface area contributed by atoms with Gasteiger partial charge in [-0.3, -0.25) is 0 Å². The Labute approximate surface area is 60.7 Å². The molecule has 1 aliphatic carbocycles. The summed E-state index contributed by atoms with van der Waals surface area (Å²) in [5.74, 6) is 0.589. The van der Waals surface area contributed by atoms with Gasteiger partial charge in [-0.25, -0.2) is 9.79 Å². The van der Waals surface area contributed by atoms with Crippen LogP contribution in [0.15, 0.2) is 17.1 Å². The van der Waals surface area contributed by atoms with Gasteiger partial charge in [0.1, 0.15) is 0 Å². The van der Waals surface area contributed by atoms with Crippen molar-refractivity contribution in [3.8, 4) is 0 Å². The maximum absolute atomic E-state index is 9.74. The van der Waals surface area contributed by atoms with Crippen LogP contribution in [0.5, 0.6) is 0 Å². The van der Waals surface area contributed by atoms with Gasteiger partial charge in [-0.2, -0.15) is 0 Å². The van der Waals surface area contributed by atoms with E-state index in [0.717, 1.165) is 12.8 Å². The van der Waals surface area contributed by atoms with Crippen molar-refractivity contribution in [1.29, 1.82) is 0 Å². The maximum atomic E-state index is 9.74. The van der Waals surface area contributed by atoms with E-state index in [4.69, 9.17) is 0 Å². The molecule has 1 atom stereocenters. The van der Waals surface area contributed by atoms with Crippen LogP contribution in [0.25, 0.3) is 0 Å². The van der Waals surface area contributed by atoms with E-state index in [-0.39, 0.29) is 0 Å². The third kappa shape index (κ3) is 2.16. The summed E-state index contributed by atoms with van der Waals surface area (Å²) in [7, 11) is 0. The molecule has 10 heavy (non-hydrogen) atoms. The van der Waals surface area contributed by atoms with E-state index < -0.39 is 0 Å². The molecule has 0 aromatic carbocycles. The molecule has 1 rings (SSSR count). The monoisotopic (exact) mass is 137 g/mol. The molecule has 0 heterocycles. The van der Waals surface area contributed by atoms with Crippen molar-refractivity contribution in [2.24, 2.45) is 10.9 Å². The Kier molecular flexibility index (Phi) is 2.91. The molecule has 0 fully saturated rings. The second-order valence-electron chi connectivity index (χ2n) is 2.58. The molecule has 0 spiro atoms. The SMILES string of the molecule is O=C=NC[C@H]1CC=CCC1. The molecule has 0 N–H and O–H groups in total. The molecule has 0 aliphatic heterocycles. The van der Waals surface area contributed by atoms with Crippen LogP contribution in [-0.4, -0.2) is 12.6 Å². The first-order valence-electron chi connectivity index (χ1n) is 3.62. The summed E-state index contributed by atoms with van der Waals surface area (Å²) in [6.45, 7) is 0.661. The summed E-state index contributed by atoms with van der Waals surface area (Å²) >= 11 is 0. The summed E-state index contributed by atoms with van der Waals surface area (Å²) in [4.78, 5) is 13.3. The molecule has 0 saturated heterocycles. The van der Waals surface area contributed by atoms with Crippen LogP contribution >= 0.6 is 0 Å². The average Bonchev–Trinajstić information content (AvgIpc) is 2.03. The molecule has 0 unspecified atom stereocenters. The highest BCUT2D eigenvalue weighted by Crippen LogP contribution is 2.17. The molecular formula is C8H11NO. The molecule has 2 heteroatoms. The predicted octanol–water partition coefficient (Wildman–Crippen LogP) is 1.68. The summed E-state index contributed by atoms with van der Waals surface area (Å²) in [5, 5.41) is 0. The quantitative estimate of drug-likeness (QED) is 0.323. The third-order valence-electron chi connectivity index (χ3n) is 1.79. The molecule has 2 nitrogen and oxygen atoms in total. The van der Waals surface area contributed by atoms with Gasteiger partial charge in [0.25, 0.3) is 0 Å². The van der Waals surface area contributed by atoms with Gasteiger partial charge in [-0.1, -0.05) is 12.2 Å². The molecule has 1 aliphatic rings. The summed E-state index contributed by atoms with van der Waals surface area (Å²) in [6.07, 6.45) is 9.29. The van der Waals surface area contributed by atoms with Crippen LogP contribution in [0.4, 0.5) is 0 Å². The molecule has 0 aromatic rings. The van der Waals surface area contributed by atoms with E-state index in [1.807, 2.05) is 0 Å². The Morgan fingerprint density at radius 3 is 3.10 bits per heavy atom. The Morgan fingerprint density at radius 2 is 2.50 bits per heavy atom. The fourth-order valence-corrected chi connectivity index (χ4v) is 1.19. The zero-order valence-electron chi connectivity index (χ0n) is 5.92. The van der Waals surface area contributed by atoms with E-state index in [2.05, 4.69) is 17.1 Å². The van der Waals surface area contributed by atoms with Crippen molar-refractivity contribution < 1.29 is 4.79 Å². The van der Waals surface area contributed by atoms with Crippen LogP contribution in [0.3, 0.4) is 0 Å². The van der Waals surface area contributed by atoms with Crippen molar-refractivity contribution in [1.82, 2.24) is 0 Å². The van der Waals surface area contributed by atoms with Crippen molar-refractivity contribution in [3.05, 3.63) is 12.2 Å². The van der Waals surface area contributed by atoms with Gasteiger partial charge in [-0.15, -0.1) is 0 Å². The zero-order chi connectivity index (χ0) is 7.23. The lowest BCUT2D eigenvalue weighted by Gasteiger charge is -2.13. The molecule has 0 aromatic heterocycles. The van der Waals surface area contributed by atoms with Gasteiger partial charge in [0, 0.05) is 0 Å². The van der Waals surface area contributed by atoms with Crippen LogP contribution in [0.2, 0.25) is 0 Å². The lowest BCUT2D eigenvalue weighted by atomic mass is 9.95. The fraction of sp³-hybridized carbons (Fsp3) is 0.625. The number of aliphatic imine (C=N–C) groups is 1. The third-order valence-corrected chi connectivity index (χ3v) is 1.79. The smallest absolute Gasteiger partial charge is 0.211 e. The van der Waals surface area contributed by atoms with Crippen LogP contribution in [-0.2, 0) is 4.79 Å². The van der Waals surface area contributed by atoms with Crippen molar-refractivity contribution in [2.75, 3.05) is 6.54 Å². The first-order valence-corrected chi connectivity index (χ1v) is 3.62. The first kappa shape index (κ1) is 7.23. The second kappa shape index (κ2) is 4.02. The minimum atomic E-state index is 0.589. The molecule has 54 valence electrons. The van der Waals surface area contributed by atoms with E-state index in [1.54, 1.807) is 6.08 Å². The highest BCUT2D eigenvalue weighted by molar-refractivity contribution is 5.32. The predicted molar refractivity (Wildman–Crippen MR) is 39.5 cm³/mol. The number of hydrogen-bond donors (Lipinski definition) is 0. The van der Waals surface area contributed by atoms with Gasteiger partial charge in [0.2, 0.25) is 6.08 Å². The standard InChI is InChI=1S/C8H11NO/c10-7-9-6-8-4-2-1-3-5-8/h1-2,8H,3-6H2/t8-/m0/s1. The van der Waals surface area contributed by atoms with Gasteiger partial charge >= 0.3 is 0 Å². The number of carbonyl (C=O) groups excluding carboxylic acids is 1.